The number of aromatic nitrogens is 2. The monoisotopic (exact) mass is 419 g/mol. The van der Waals surface area contributed by atoms with Crippen LogP contribution in [0.25, 0.3) is 22.6 Å². The van der Waals surface area contributed by atoms with E-state index in [0.717, 1.165) is 22.6 Å². The van der Waals surface area contributed by atoms with E-state index in [2.05, 4.69) is 15.3 Å². The van der Waals surface area contributed by atoms with Crippen molar-refractivity contribution in [1.82, 2.24) is 9.97 Å². The molecular weight excluding hydrogens is 398 g/mol. The third-order valence-electron chi connectivity index (χ3n) is 4.39. The molecule has 0 spiro atoms. The second-order valence-electron chi connectivity index (χ2n) is 6.53. The van der Waals surface area contributed by atoms with E-state index >= 15 is 0 Å². The van der Waals surface area contributed by atoms with Crippen LogP contribution in [-0.2, 0) is 11.2 Å². The molecule has 4 rings (SSSR count). The first kappa shape index (κ1) is 19.8. The molecule has 1 N–H and O–H groups in total. The minimum Gasteiger partial charge on any atom is -0.494 e. The highest BCUT2D eigenvalue weighted by Gasteiger charge is 2.11. The fourth-order valence-corrected chi connectivity index (χ4v) is 3.65. The van der Waals surface area contributed by atoms with Crippen molar-refractivity contribution in [1.29, 1.82) is 0 Å². The molecule has 7 heteroatoms. The van der Waals surface area contributed by atoms with Crippen LogP contribution in [0.1, 0.15) is 19.2 Å². The van der Waals surface area contributed by atoms with E-state index in [0.29, 0.717) is 29.8 Å². The van der Waals surface area contributed by atoms with Gasteiger partial charge in [0.1, 0.15) is 5.75 Å². The van der Waals surface area contributed by atoms with Crippen LogP contribution in [0.3, 0.4) is 0 Å². The van der Waals surface area contributed by atoms with E-state index < -0.39 is 0 Å². The number of aryl methyl sites for hydroxylation is 1. The summed E-state index contributed by atoms with van der Waals surface area (Å²) < 4.78 is 11.2. The normalized spacial score (nSPS) is 10.7. The standard InChI is InChI=1S/C23H21N3O3S/c1-2-28-18-10-8-16(9-11-18)19-15-30-23(25-19)26-21(27)12-13-22-24-14-20(29-22)17-6-4-3-5-7-17/h3-11,14-15H,2,12-13H2,1H3,(H,25,26,27). The van der Waals surface area contributed by atoms with Crippen LogP contribution in [-0.4, -0.2) is 22.5 Å². The van der Waals surface area contributed by atoms with Gasteiger partial charge in [0, 0.05) is 29.3 Å². The molecule has 2 aromatic carbocycles. The Morgan fingerprint density at radius 2 is 1.90 bits per heavy atom. The number of anilines is 1. The molecule has 0 aliphatic rings. The molecule has 0 radical (unpaired) electrons. The molecule has 30 heavy (non-hydrogen) atoms. The molecule has 0 unspecified atom stereocenters. The summed E-state index contributed by atoms with van der Waals surface area (Å²) in [5.74, 6) is 1.94. The number of benzene rings is 2. The molecule has 0 saturated heterocycles. The summed E-state index contributed by atoms with van der Waals surface area (Å²) in [5, 5.41) is 5.34. The number of amides is 1. The van der Waals surface area contributed by atoms with E-state index in [1.165, 1.54) is 11.3 Å². The number of hydrogen-bond acceptors (Lipinski definition) is 6. The van der Waals surface area contributed by atoms with Crippen LogP contribution in [0, 0.1) is 0 Å². The Hall–Kier alpha value is -3.45. The Morgan fingerprint density at radius 1 is 1.10 bits per heavy atom. The molecule has 1 amide bonds. The fourth-order valence-electron chi connectivity index (χ4n) is 2.92. The van der Waals surface area contributed by atoms with Crippen molar-refractivity contribution in [3.8, 4) is 28.3 Å². The fraction of sp³-hybridized carbons (Fsp3) is 0.174. The van der Waals surface area contributed by atoms with Gasteiger partial charge in [-0.3, -0.25) is 4.79 Å². The minimum absolute atomic E-state index is 0.123. The van der Waals surface area contributed by atoms with Crippen LogP contribution in [0.15, 0.2) is 70.6 Å². The van der Waals surface area contributed by atoms with Gasteiger partial charge in [0.25, 0.3) is 0 Å². The zero-order chi connectivity index (χ0) is 20.8. The minimum atomic E-state index is -0.123. The highest BCUT2D eigenvalue weighted by atomic mass is 32.1. The first-order valence-corrected chi connectivity index (χ1v) is 10.6. The maximum atomic E-state index is 12.3. The summed E-state index contributed by atoms with van der Waals surface area (Å²) in [5.41, 5.74) is 2.76. The van der Waals surface area contributed by atoms with E-state index in [1.807, 2.05) is 66.9 Å². The number of rotatable bonds is 8. The molecule has 0 fully saturated rings. The van der Waals surface area contributed by atoms with Gasteiger partial charge in [-0.1, -0.05) is 30.3 Å². The third kappa shape index (κ3) is 4.93. The summed E-state index contributed by atoms with van der Waals surface area (Å²) in [6.07, 6.45) is 2.38. The van der Waals surface area contributed by atoms with Gasteiger partial charge < -0.3 is 14.5 Å². The SMILES string of the molecule is CCOc1ccc(-c2csc(NC(=O)CCc3ncc(-c4ccccc4)o3)n2)cc1. The van der Waals surface area contributed by atoms with Crippen LogP contribution < -0.4 is 10.1 Å². The number of carbonyl (C=O) groups is 1. The summed E-state index contributed by atoms with van der Waals surface area (Å²) >= 11 is 1.40. The topological polar surface area (TPSA) is 77.2 Å². The molecule has 0 bridgehead atoms. The van der Waals surface area contributed by atoms with Gasteiger partial charge >= 0.3 is 0 Å². The average Bonchev–Trinajstić information content (AvgIpc) is 3.44. The maximum absolute atomic E-state index is 12.3. The van der Waals surface area contributed by atoms with Crippen LogP contribution in [0.4, 0.5) is 5.13 Å². The number of hydrogen-bond donors (Lipinski definition) is 1. The molecule has 2 aromatic heterocycles. The number of carbonyl (C=O) groups excluding carboxylic acids is 1. The lowest BCUT2D eigenvalue weighted by molar-refractivity contribution is -0.116. The Labute approximate surface area is 178 Å². The van der Waals surface area contributed by atoms with Gasteiger partial charge in [0.15, 0.2) is 16.8 Å². The first-order chi connectivity index (χ1) is 14.7. The Bertz CT molecular complexity index is 1100. The Kier molecular flexibility index (Phi) is 6.20. The van der Waals surface area contributed by atoms with Crippen molar-refractivity contribution in [3.63, 3.8) is 0 Å². The lowest BCUT2D eigenvalue weighted by atomic mass is 10.2. The van der Waals surface area contributed by atoms with Gasteiger partial charge in [-0.15, -0.1) is 11.3 Å². The zero-order valence-electron chi connectivity index (χ0n) is 16.5. The molecule has 0 atom stereocenters. The number of nitrogens with one attached hydrogen (secondary N) is 1. The lowest BCUT2D eigenvalue weighted by Crippen LogP contribution is -2.12. The summed E-state index contributed by atoms with van der Waals surface area (Å²) in [7, 11) is 0. The average molecular weight is 420 g/mol. The molecule has 4 aromatic rings. The van der Waals surface area contributed by atoms with Gasteiger partial charge in [0.05, 0.1) is 18.5 Å². The molecule has 152 valence electrons. The molecule has 0 aliphatic heterocycles. The van der Waals surface area contributed by atoms with E-state index in [9.17, 15) is 4.79 Å². The predicted molar refractivity (Wildman–Crippen MR) is 118 cm³/mol. The summed E-state index contributed by atoms with van der Waals surface area (Å²) in [6, 6.07) is 17.5. The van der Waals surface area contributed by atoms with Crippen molar-refractivity contribution in [2.75, 3.05) is 11.9 Å². The van der Waals surface area contributed by atoms with Crippen molar-refractivity contribution in [2.24, 2.45) is 0 Å². The predicted octanol–water partition coefficient (Wildman–Crippen LogP) is 5.44. The quantitative estimate of drug-likeness (QED) is 0.412. The summed E-state index contributed by atoms with van der Waals surface area (Å²) in [4.78, 5) is 21.1. The summed E-state index contributed by atoms with van der Waals surface area (Å²) in [6.45, 7) is 2.58. The smallest absolute Gasteiger partial charge is 0.226 e. The van der Waals surface area contributed by atoms with E-state index in [4.69, 9.17) is 9.15 Å². The van der Waals surface area contributed by atoms with Crippen molar-refractivity contribution >= 4 is 22.4 Å². The number of nitrogens with zero attached hydrogens (tertiary/aromatic N) is 2. The molecular formula is C23H21N3O3S. The highest BCUT2D eigenvalue weighted by molar-refractivity contribution is 7.14. The van der Waals surface area contributed by atoms with Crippen molar-refractivity contribution in [2.45, 2.75) is 19.8 Å². The van der Waals surface area contributed by atoms with Gasteiger partial charge in [-0.05, 0) is 31.2 Å². The molecule has 2 heterocycles. The molecule has 0 aliphatic carbocycles. The Morgan fingerprint density at radius 3 is 2.67 bits per heavy atom. The van der Waals surface area contributed by atoms with Crippen LogP contribution in [0.2, 0.25) is 0 Å². The highest BCUT2D eigenvalue weighted by Crippen LogP contribution is 2.27. The first-order valence-electron chi connectivity index (χ1n) is 9.70. The van der Waals surface area contributed by atoms with Crippen LogP contribution in [0.5, 0.6) is 5.75 Å². The molecule has 0 saturated carbocycles. The number of oxazole rings is 1. The van der Waals surface area contributed by atoms with Crippen LogP contribution >= 0.6 is 11.3 Å². The maximum Gasteiger partial charge on any atom is 0.226 e. The van der Waals surface area contributed by atoms with Crippen molar-refractivity contribution in [3.05, 3.63) is 72.1 Å². The second kappa shape index (κ2) is 9.37. The van der Waals surface area contributed by atoms with Crippen molar-refractivity contribution < 1.29 is 13.9 Å². The number of thiazole rings is 1. The van der Waals surface area contributed by atoms with E-state index in [-0.39, 0.29) is 12.3 Å². The van der Waals surface area contributed by atoms with Gasteiger partial charge in [0.2, 0.25) is 5.91 Å². The lowest BCUT2D eigenvalue weighted by Gasteiger charge is -2.03. The largest absolute Gasteiger partial charge is 0.494 e. The van der Waals surface area contributed by atoms with Gasteiger partial charge in [-0.25, -0.2) is 9.97 Å². The van der Waals surface area contributed by atoms with Gasteiger partial charge in [-0.2, -0.15) is 0 Å². The zero-order valence-corrected chi connectivity index (χ0v) is 17.3. The second-order valence-corrected chi connectivity index (χ2v) is 7.39. The molecule has 6 nitrogen and oxygen atoms in total. The Balaban J connectivity index is 1.31. The number of ether oxygens (including phenoxy) is 1. The van der Waals surface area contributed by atoms with E-state index in [1.54, 1.807) is 6.20 Å². The third-order valence-corrected chi connectivity index (χ3v) is 5.15.